The van der Waals surface area contributed by atoms with E-state index in [4.69, 9.17) is 21.0 Å². The van der Waals surface area contributed by atoms with Crippen LogP contribution in [0, 0.1) is 13.8 Å². The first kappa shape index (κ1) is 18.8. The Morgan fingerprint density at radius 3 is 2.62 bits per heavy atom. The maximum atomic E-state index is 6.25. The van der Waals surface area contributed by atoms with Crippen LogP contribution in [0.15, 0.2) is 59.4 Å². The van der Waals surface area contributed by atoms with Crippen molar-refractivity contribution in [2.24, 2.45) is 0 Å². The van der Waals surface area contributed by atoms with Crippen molar-refractivity contribution in [1.29, 1.82) is 0 Å². The van der Waals surface area contributed by atoms with Gasteiger partial charge in [-0.25, -0.2) is 19.2 Å². The summed E-state index contributed by atoms with van der Waals surface area (Å²) >= 11 is 6.25. The molecule has 0 aliphatic carbocycles. The SMILES string of the molecule is Cc1nn(Cc2ccc(-c3nc4c5cnn(-c6ccccc6)c5ncn4n3)o2)c(C)c1Cl. The van der Waals surface area contributed by atoms with E-state index in [1.165, 1.54) is 0 Å². The molecule has 0 N–H and O–H groups in total. The minimum Gasteiger partial charge on any atom is -0.456 e. The summed E-state index contributed by atoms with van der Waals surface area (Å²) in [5.41, 5.74) is 4.00. The molecule has 5 heterocycles. The summed E-state index contributed by atoms with van der Waals surface area (Å²) in [6.45, 7) is 4.29. The predicted octanol–water partition coefficient (Wildman–Crippen LogP) is 4.24. The first-order valence-electron chi connectivity index (χ1n) is 10.0. The Morgan fingerprint density at radius 1 is 1.00 bits per heavy atom. The third-order valence-corrected chi connectivity index (χ3v) is 5.93. The van der Waals surface area contributed by atoms with E-state index in [0.717, 1.165) is 28.2 Å². The number of hydrogen-bond acceptors (Lipinski definition) is 6. The Kier molecular flexibility index (Phi) is 4.12. The molecule has 0 fully saturated rings. The largest absolute Gasteiger partial charge is 0.456 e. The first-order valence-corrected chi connectivity index (χ1v) is 10.4. The number of nitrogens with zero attached hydrogens (tertiary/aromatic N) is 8. The predicted molar refractivity (Wildman–Crippen MR) is 119 cm³/mol. The molecule has 5 aromatic heterocycles. The molecular weight excluding hydrogens is 428 g/mol. The van der Waals surface area contributed by atoms with Gasteiger partial charge in [-0.2, -0.15) is 10.2 Å². The molecular formula is C22H17ClN8O. The number of rotatable bonds is 4. The van der Waals surface area contributed by atoms with Crippen LogP contribution in [0.4, 0.5) is 0 Å². The van der Waals surface area contributed by atoms with E-state index in [1.54, 1.807) is 21.7 Å². The molecule has 9 nitrogen and oxygen atoms in total. The summed E-state index contributed by atoms with van der Waals surface area (Å²) in [4.78, 5) is 9.24. The van der Waals surface area contributed by atoms with Gasteiger partial charge in [0.2, 0.25) is 5.82 Å². The van der Waals surface area contributed by atoms with Crippen LogP contribution < -0.4 is 0 Å². The Hall–Kier alpha value is -3.98. The van der Waals surface area contributed by atoms with Gasteiger partial charge >= 0.3 is 0 Å². The maximum Gasteiger partial charge on any atom is 0.217 e. The molecule has 6 aromatic rings. The van der Waals surface area contributed by atoms with Crippen molar-refractivity contribution < 1.29 is 4.42 Å². The molecule has 0 amide bonds. The maximum absolute atomic E-state index is 6.25. The zero-order valence-electron chi connectivity index (χ0n) is 17.3. The highest BCUT2D eigenvalue weighted by Crippen LogP contribution is 2.25. The smallest absolute Gasteiger partial charge is 0.217 e. The fraction of sp³-hybridized carbons (Fsp3) is 0.136. The molecule has 0 aliphatic rings. The molecule has 6 rings (SSSR count). The van der Waals surface area contributed by atoms with Crippen LogP contribution in [0.3, 0.4) is 0 Å². The van der Waals surface area contributed by atoms with Gasteiger partial charge in [-0.15, -0.1) is 5.10 Å². The Labute approximate surface area is 186 Å². The monoisotopic (exact) mass is 444 g/mol. The second kappa shape index (κ2) is 7.03. The van der Waals surface area contributed by atoms with Crippen LogP contribution >= 0.6 is 11.6 Å². The number of halogens is 1. The number of aryl methyl sites for hydroxylation is 1. The second-order valence-corrected chi connectivity index (χ2v) is 7.86. The Morgan fingerprint density at radius 2 is 1.84 bits per heavy atom. The van der Waals surface area contributed by atoms with Crippen molar-refractivity contribution in [3.05, 3.63) is 77.2 Å². The molecule has 0 radical (unpaired) electrons. The molecule has 32 heavy (non-hydrogen) atoms. The number of furan rings is 1. The van der Waals surface area contributed by atoms with Crippen molar-refractivity contribution in [2.75, 3.05) is 0 Å². The van der Waals surface area contributed by atoms with Gasteiger partial charge in [0.15, 0.2) is 17.1 Å². The van der Waals surface area contributed by atoms with Gasteiger partial charge in [-0.1, -0.05) is 29.8 Å². The standard InChI is InChI=1S/C22H17ClN8O/c1-13-19(23)14(2)29(27-13)11-16-8-9-18(32-16)20-26-22-17-10-25-31(15-6-4-3-5-7-15)21(17)24-12-30(22)28-20/h3-10,12H,11H2,1-2H3. The second-order valence-electron chi connectivity index (χ2n) is 7.49. The molecule has 0 bridgehead atoms. The van der Waals surface area contributed by atoms with Crippen molar-refractivity contribution in [2.45, 2.75) is 20.4 Å². The molecule has 158 valence electrons. The van der Waals surface area contributed by atoms with Gasteiger partial charge in [-0.05, 0) is 38.1 Å². The lowest BCUT2D eigenvalue weighted by molar-refractivity contribution is 0.483. The summed E-state index contributed by atoms with van der Waals surface area (Å²) in [5.74, 6) is 1.78. The van der Waals surface area contributed by atoms with Gasteiger partial charge in [0.25, 0.3) is 0 Å². The van der Waals surface area contributed by atoms with Crippen LogP contribution in [0.2, 0.25) is 5.02 Å². The van der Waals surface area contributed by atoms with Gasteiger partial charge < -0.3 is 4.42 Å². The zero-order valence-corrected chi connectivity index (χ0v) is 18.0. The van der Waals surface area contributed by atoms with Crippen LogP contribution in [0.25, 0.3) is 34.0 Å². The highest BCUT2D eigenvalue weighted by atomic mass is 35.5. The van der Waals surface area contributed by atoms with E-state index in [2.05, 4.69) is 20.3 Å². The van der Waals surface area contributed by atoms with Gasteiger partial charge in [0.05, 0.1) is 40.2 Å². The summed E-state index contributed by atoms with van der Waals surface area (Å²) in [6.07, 6.45) is 3.39. The average Bonchev–Trinajstić information content (AvgIpc) is 3.57. The average molecular weight is 445 g/mol. The number of aromatic nitrogens is 8. The lowest BCUT2D eigenvalue weighted by Crippen LogP contribution is -2.02. The quantitative estimate of drug-likeness (QED) is 0.404. The van der Waals surface area contributed by atoms with Crippen LogP contribution in [-0.4, -0.2) is 39.1 Å². The number of hydrogen-bond donors (Lipinski definition) is 0. The molecule has 0 atom stereocenters. The van der Waals surface area contributed by atoms with Gasteiger partial charge in [0.1, 0.15) is 12.1 Å². The van der Waals surface area contributed by atoms with E-state index in [0.29, 0.717) is 34.4 Å². The third-order valence-electron chi connectivity index (χ3n) is 5.39. The molecule has 1 aromatic carbocycles. The summed E-state index contributed by atoms with van der Waals surface area (Å²) in [6, 6.07) is 13.6. The fourth-order valence-electron chi connectivity index (χ4n) is 3.74. The van der Waals surface area contributed by atoms with E-state index in [1.807, 2.05) is 61.0 Å². The van der Waals surface area contributed by atoms with Gasteiger partial charge in [-0.3, -0.25) is 4.68 Å². The molecule has 0 saturated heterocycles. The highest BCUT2D eigenvalue weighted by Gasteiger charge is 2.17. The van der Waals surface area contributed by atoms with Crippen molar-refractivity contribution in [3.63, 3.8) is 0 Å². The normalized spacial score (nSPS) is 11.7. The summed E-state index contributed by atoms with van der Waals surface area (Å²) < 4.78 is 11.3. The lowest BCUT2D eigenvalue weighted by atomic mass is 10.3. The third kappa shape index (κ3) is 2.89. The molecule has 0 unspecified atom stereocenters. The van der Waals surface area contributed by atoms with E-state index >= 15 is 0 Å². The topological polar surface area (TPSA) is 91.9 Å². The minimum absolute atomic E-state index is 0.475. The summed E-state index contributed by atoms with van der Waals surface area (Å²) in [7, 11) is 0. The van der Waals surface area contributed by atoms with Crippen molar-refractivity contribution in [3.8, 4) is 17.3 Å². The summed E-state index contributed by atoms with van der Waals surface area (Å²) in [5, 5.41) is 15.0. The van der Waals surface area contributed by atoms with Crippen LogP contribution in [-0.2, 0) is 6.54 Å². The Balaban J connectivity index is 1.37. The van der Waals surface area contributed by atoms with Crippen molar-refractivity contribution in [1.82, 2.24) is 39.1 Å². The minimum atomic E-state index is 0.475. The zero-order chi connectivity index (χ0) is 21.8. The highest BCUT2D eigenvalue weighted by molar-refractivity contribution is 6.31. The molecule has 10 heteroatoms. The molecule has 0 spiro atoms. The fourth-order valence-corrected chi connectivity index (χ4v) is 3.88. The number of para-hydroxylation sites is 1. The lowest BCUT2D eigenvalue weighted by Gasteiger charge is -2.01. The van der Waals surface area contributed by atoms with E-state index in [-0.39, 0.29) is 0 Å². The van der Waals surface area contributed by atoms with Crippen molar-refractivity contribution >= 4 is 28.3 Å². The molecule has 0 aliphatic heterocycles. The molecule has 0 saturated carbocycles. The number of fused-ring (bicyclic) bond motifs is 3. The number of benzene rings is 1. The van der Waals surface area contributed by atoms with E-state index < -0.39 is 0 Å². The van der Waals surface area contributed by atoms with Crippen LogP contribution in [0.5, 0.6) is 0 Å². The Bertz CT molecular complexity index is 1590. The van der Waals surface area contributed by atoms with Gasteiger partial charge in [0, 0.05) is 0 Å². The first-order chi connectivity index (χ1) is 15.6. The van der Waals surface area contributed by atoms with Crippen LogP contribution in [0.1, 0.15) is 17.1 Å². The van der Waals surface area contributed by atoms with E-state index in [9.17, 15) is 0 Å².